The lowest BCUT2D eigenvalue weighted by molar-refractivity contribution is 0.0518. The molecule has 0 bridgehead atoms. The minimum atomic E-state index is 0.242. The Hall–Kier alpha value is -1.25. The highest BCUT2D eigenvalue weighted by molar-refractivity contribution is 7.98. The van der Waals surface area contributed by atoms with E-state index in [4.69, 9.17) is 0 Å². The van der Waals surface area contributed by atoms with Crippen LogP contribution in [-0.4, -0.2) is 16.7 Å². The summed E-state index contributed by atoms with van der Waals surface area (Å²) in [4.78, 5) is 4.10. The molecule has 0 saturated heterocycles. The Morgan fingerprint density at radius 3 is 2.33 bits per heavy atom. The number of fused-ring (bicyclic) bond motifs is 2. The Labute approximate surface area is 150 Å². The SMILES string of the molecule is CSc1ccc2c(c1)CC(C(C)(C)N1Cc3ccccc3C1)CC2. The maximum atomic E-state index is 2.70. The van der Waals surface area contributed by atoms with Gasteiger partial charge in [-0.25, -0.2) is 0 Å². The van der Waals surface area contributed by atoms with Gasteiger partial charge in [0.15, 0.2) is 0 Å². The van der Waals surface area contributed by atoms with Gasteiger partial charge in [-0.05, 0) is 79.7 Å². The molecule has 0 fully saturated rings. The highest BCUT2D eigenvalue weighted by Gasteiger charge is 2.39. The van der Waals surface area contributed by atoms with Crippen LogP contribution in [0.3, 0.4) is 0 Å². The van der Waals surface area contributed by atoms with E-state index in [9.17, 15) is 0 Å². The van der Waals surface area contributed by atoms with Crippen LogP contribution in [0.1, 0.15) is 42.5 Å². The molecule has 126 valence electrons. The highest BCUT2D eigenvalue weighted by atomic mass is 32.2. The van der Waals surface area contributed by atoms with Crippen molar-refractivity contribution >= 4 is 11.8 Å². The molecule has 2 aliphatic rings. The third kappa shape index (κ3) is 2.80. The second-order valence-corrected chi connectivity index (χ2v) is 8.73. The molecule has 2 aromatic rings. The minimum Gasteiger partial charge on any atom is -0.289 e. The summed E-state index contributed by atoms with van der Waals surface area (Å²) < 4.78 is 0. The van der Waals surface area contributed by atoms with Gasteiger partial charge in [0.25, 0.3) is 0 Å². The monoisotopic (exact) mass is 337 g/mol. The first-order valence-corrected chi connectivity index (χ1v) is 10.3. The zero-order valence-corrected chi connectivity index (χ0v) is 15.8. The van der Waals surface area contributed by atoms with Gasteiger partial charge in [0.1, 0.15) is 0 Å². The van der Waals surface area contributed by atoms with Crippen LogP contribution in [0.15, 0.2) is 47.4 Å². The number of thioether (sulfide) groups is 1. The van der Waals surface area contributed by atoms with E-state index in [2.05, 4.69) is 67.5 Å². The third-order valence-corrected chi connectivity index (χ3v) is 7.02. The van der Waals surface area contributed by atoms with Crippen molar-refractivity contribution in [3.8, 4) is 0 Å². The highest BCUT2D eigenvalue weighted by Crippen LogP contribution is 2.40. The Morgan fingerprint density at radius 2 is 1.67 bits per heavy atom. The van der Waals surface area contributed by atoms with E-state index >= 15 is 0 Å². The van der Waals surface area contributed by atoms with Gasteiger partial charge in [0.2, 0.25) is 0 Å². The van der Waals surface area contributed by atoms with Crippen LogP contribution >= 0.6 is 11.8 Å². The van der Waals surface area contributed by atoms with E-state index in [0.29, 0.717) is 0 Å². The molecule has 1 nitrogen and oxygen atoms in total. The predicted octanol–water partition coefficient (Wildman–Crippen LogP) is 5.31. The van der Waals surface area contributed by atoms with Crippen molar-refractivity contribution in [1.82, 2.24) is 4.90 Å². The molecule has 1 aliphatic carbocycles. The molecule has 1 aliphatic heterocycles. The lowest BCUT2D eigenvalue weighted by Gasteiger charge is -2.44. The number of rotatable bonds is 3. The maximum absolute atomic E-state index is 2.70. The van der Waals surface area contributed by atoms with Crippen molar-refractivity contribution in [2.45, 2.75) is 56.6 Å². The molecular formula is C22H27NS. The van der Waals surface area contributed by atoms with E-state index in [0.717, 1.165) is 19.0 Å². The van der Waals surface area contributed by atoms with Crippen molar-refractivity contribution in [3.63, 3.8) is 0 Å². The number of aryl methyl sites for hydroxylation is 1. The molecule has 1 heterocycles. The van der Waals surface area contributed by atoms with Crippen LogP contribution in [0.2, 0.25) is 0 Å². The fourth-order valence-corrected chi connectivity index (χ4v) is 4.93. The molecule has 2 aromatic carbocycles. The van der Waals surface area contributed by atoms with Crippen molar-refractivity contribution in [1.29, 1.82) is 0 Å². The average molecular weight is 338 g/mol. The number of nitrogens with zero attached hydrogens (tertiary/aromatic N) is 1. The maximum Gasteiger partial charge on any atom is 0.0245 e. The zero-order valence-electron chi connectivity index (χ0n) is 15.0. The smallest absolute Gasteiger partial charge is 0.0245 e. The first-order valence-electron chi connectivity index (χ1n) is 9.05. The summed E-state index contributed by atoms with van der Waals surface area (Å²) in [6, 6.07) is 16.0. The van der Waals surface area contributed by atoms with Crippen LogP contribution in [-0.2, 0) is 25.9 Å². The van der Waals surface area contributed by atoms with E-state index in [1.54, 1.807) is 11.1 Å². The fourth-order valence-electron chi connectivity index (χ4n) is 4.46. The van der Waals surface area contributed by atoms with Crippen molar-refractivity contribution in [3.05, 3.63) is 64.7 Å². The topological polar surface area (TPSA) is 3.24 Å². The van der Waals surface area contributed by atoms with Crippen LogP contribution in [0.5, 0.6) is 0 Å². The molecule has 2 heteroatoms. The van der Waals surface area contributed by atoms with E-state index in [1.807, 2.05) is 11.8 Å². The molecule has 0 spiro atoms. The predicted molar refractivity (Wildman–Crippen MR) is 104 cm³/mol. The van der Waals surface area contributed by atoms with Gasteiger partial charge < -0.3 is 0 Å². The Kier molecular flexibility index (Phi) is 4.22. The Bertz CT molecular complexity index is 724. The van der Waals surface area contributed by atoms with E-state index in [-0.39, 0.29) is 5.54 Å². The molecule has 24 heavy (non-hydrogen) atoms. The summed E-state index contributed by atoms with van der Waals surface area (Å²) in [5.74, 6) is 0.733. The van der Waals surface area contributed by atoms with Gasteiger partial charge in [-0.2, -0.15) is 0 Å². The molecule has 0 amide bonds. The van der Waals surface area contributed by atoms with Gasteiger partial charge in [0.05, 0.1) is 0 Å². The summed E-state index contributed by atoms with van der Waals surface area (Å²) in [6.07, 6.45) is 5.95. The first kappa shape index (κ1) is 16.2. The normalized spacial score (nSPS) is 20.7. The number of benzene rings is 2. The standard InChI is InChI=1S/C22H27NS/c1-22(2,23-14-17-6-4-5-7-18(17)15-23)20-10-8-16-9-11-21(24-3)13-19(16)12-20/h4-7,9,11,13,20H,8,10,12,14-15H2,1-3H3. The second kappa shape index (κ2) is 6.24. The number of hydrogen-bond donors (Lipinski definition) is 0. The molecule has 4 rings (SSSR count). The van der Waals surface area contributed by atoms with Crippen LogP contribution in [0.25, 0.3) is 0 Å². The zero-order chi connectivity index (χ0) is 16.7. The van der Waals surface area contributed by atoms with E-state index < -0.39 is 0 Å². The van der Waals surface area contributed by atoms with Gasteiger partial charge in [-0.15, -0.1) is 11.8 Å². The minimum absolute atomic E-state index is 0.242. The lowest BCUT2D eigenvalue weighted by atomic mass is 9.73. The summed E-state index contributed by atoms with van der Waals surface area (Å²) in [6.45, 7) is 7.15. The van der Waals surface area contributed by atoms with Crippen molar-refractivity contribution in [2.75, 3.05) is 6.26 Å². The molecule has 0 saturated carbocycles. The van der Waals surface area contributed by atoms with Gasteiger partial charge in [-0.3, -0.25) is 4.90 Å². The average Bonchev–Trinajstić information content (AvgIpc) is 3.05. The van der Waals surface area contributed by atoms with Crippen LogP contribution < -0.4 is 0 Å². The molecule has 0 N–H and O–H groups in total. The lowest BCUT2D eigenvalue weighted by Crippen LogP contribution is -2.48. The molecule has 0 aromatic heterocycles. The largest absolute Gasteiger partial charge is 0.289 e. The van der Waals surface area contributed by atoms with Gasteiger partial charge >= 0.3 is 0 Å². The van der Waals surface area contributed by atoms with Crippen LogP contribution in [0.4, 0.5) is 0 Å². The third-order valence-electron chi connectivity index (χ3n) is 6.30. The molecule has 0 radical (unpaired) electrons. The quantitative estimate of drug-likeness (QED) is 0.699. The van der Waals surface area contributed by atoms with Crippen LogP contribution in [0, 0.1) is 5.92 Å². The van der Waals surface area contributed by atoms with E-state index in [1.165, 1.54) is 35.3 Å². The summed E-state index contributed by atoms with van der Waals surface area (Å²) in [5.41, 5.74) is 6.44. The van der Waals surface area contributed by atoms with Crippen molar-refractivity contribution < 1.29 is 0 Å². The fraction of sp³-hybridized carbons (Fsp3) is 0.455. The Morgan fingerprint density at radius 1 is 0.958 bits per heavy atom. The van der Waals surface area contributed by atoms with Gasteiger partial charge in [-0.1, -0.05) is 30.3 Å². The molecule has 1 unspecified atom stereocenters. The summed E-state index contributed by atoms with van der Waals surface area (Å²) in [5, 5.41) is 0. The summed E-state index contributed by atoms with van der Waals surface area (Å²) in [7, 11) is 0. The molecular weight excluding hydrogens is 310 g/mol. The molecule has 1 atom stereocenters. The van der Waals surface area contributed by atoms with Gasteiger partial charge in [0, 0.05) is 23.5 Å². The Balaban J connectivity index is 1.55. The number of hydrogen-bond acceptors (Lipinski definition) is 2. The van der Waals surface area contributed by atoms with Crippen molar-refractivity contribution in [2.24, 2.45) is 5.92 Å². The second-order valence-electron chi connectivity index (χ2n) is 7.85. The first-order chi connectivity index (χ1) is 11.6. The summed E-state index contributed by atoms with van der Waals surface area (Å²) >= 11 is 1.86.